The van der Waals surface area contributed by atoms with E-state index in [0.717, 1.165) is 0 Å². The zero-order valence-corrected chi connectivity index (χ0v) is 14.6. The van der Waals surface area contributed by atoms with Crippen LogP contribution in [0.25, 0.3) is 0 Å². The summed E-state index contributed by atoms with van der Waals surface area (Å²) in [5.74, 6) is 1.96. The molecule has 2 heterocycles. The highest BCUT2D eigenvalue weighted by Crippen LogP contribution is 2.40. The Morgan fingerprint density at radius 3 is 2.67 bits per heavy atom. The summed E-state index contributed by atoms with van der Waals surface area (Å²) in [6.45, 7) is 5.42. The second kappa shape index (κ2) is 6.46. The molecule has 2 aliphatic rings. The fourth-order valence-corrected chi connectivity index (χ4v) is 3.52. The van der Waals surface area contributed by atoms with E-state index in [1.807, 2.05) is 17.0 Å². The van der Waals surface area contributed by atoms with Gasteiger partial charge in [-0.3, -0.25) is 9.59 Å². The lowest BCUT2D eigenvalue weighted by atomic mass is 9.82. The van der Waals surface area contributed by atoms with Crippen LogP contribution in [0, 0.1) is 5.92 Å². The second-order valence-electron chi connectivity index (χ2n) is 7.23. The van der Waals surface area contributed by atoms with Gasteiger partial charge in [0.2, 0.25) is 5.91 Å². The molecule has 0 unspecified atom stereocenters. The van der Waals surface area contributed by atoms with Crippen molar-refractivity contribution in [2.24, 2.45) is 5.92 Å². The minimum absolute atomic E-state index is 0.0945. The van der Waals surface area contributed by atoms with Gasteiger partial charge in [0, 0.05) is 32.4 Å². The van der Waals surface area contributed by atoms with Crippen LogP contribution in [0.1, 0.15) is 49.9 Å². The third kappa shape index (κ3) is 3.25. The third-order valence-corrected chi connectivity index (χ3v) is 4.91. The largest absolute Gasteiger partial charge is 0.497 e. The molecule has 5 heteroatoms. The topological polar surface area (TPSA) is 55.8 Å². The van der Waals surface area contributed by atoms with Gasteiger partial charge in [-0.25, -0.2) is 0 Å². The molecule has 0 N–H and O–H groups in total. The van der Waals surface area contributed by atoms with E-state index >= 15 is 0 Å². The van der Waals surface area contributed by atoms with Crippen molar-refractivity contribution in [2.45, 2.75) is 45.1 Å². The molecule has 0 radical (unpaired) electrons. The van der Waals surface area contributed by atoms with E-state index in [1.165, 1.54) is 0 Å². The molecule has 5 nitrogen and oxygen atoms in total. The van der Waals surface area contributed by atoms with Crippen molar-refractivity contribution in [3.63, 3.8) is 0 Å². The number of ketones is 1. The number of nitrogens with zero attached hydrogens (tertiary/aromatic N) is 1. The zero-order valence-electron chi connectivity index (χ0n) is 14.6. The Morgan fingerprint density at radius 2 is 2.04 bits per heavy atom. The quantitative estimate of drug-likeness (QED) is 0.854. The van der Waals surface area contributed by atoms with Crippen LogP contribution in [0.15, 0.2) is 18.2 Å². The molecule has 1 fully saturated rings. The molecule has 130 valence electrons. The number of fused-ring (bicyclic) bond motifs is 1. The van der Waals surface area contributed by atoms with Gasteiger partial charge >= 0.3 is 0 Å². The number of Topliss-reactive ketones (excluding diaryl/α,β-unsaturated/α-hetero) is 1. The van der Waals surface area contributed by atoms with Crippen molar-refractivity contribution in [3.8, 4) is 11.5 Å². The summed E-state index contributed by atoms with van der Waals surface area (Å²) in [6.07, 6.45) is 2.36. The van der Waals surface area contributed by atoms with Gasteiger partial charge in [0.1, 0.15) is 17.1 Å². The maximum atomic E-state index is 12.6. The first-order valence-electron chi connectivity index (χ1n) is 8.60. The molecule has 1 aromatic rings. The van der Waals surface area contributed by atoms with E-state index in [4.69, 9.17) is 9.47 Å². The van der Waals surface area contributed by atoms with E-state index in [0.29, 0.717) is 61.8 Å². The van der Waals surface area contributed by atoms with E-state index in [1.54, 1.807) is 13.2 Å². The maximum Gasteiger partial charge on any atom is 0.222 e. The molecule has 1 saturated heterocycles. The summed E-state index contributed by atoms with van der Waals surface area (Å²) in [6, 6.07) is 5.36. The van der Waals surface area contributed by atoms with Crippen LogP contribution in [-0.2, 0) is 4.79 Å². The van der Waals surface area contributed by atoms with Gasteiger partial charge in [0.05, 0.1) is 19.1 Å². The molecule has 1 spiro atoms. The van der Waals surface area contributed by atoms with Crippen molar-refractivity contribution in [1.82, 2.24) is 4.90 Å². The van der Waals surface area contributed by atoms with Gasteiger partial charge < -0.3 is 14.4 Å². The highest BCUT2D eigenvalue weighted by Gasteiger charge is 2.43. The van der Waals surface area contributed by atoms with Crippen LogP contribution in [-0.4, -0.2) is 42.4 Å². The van der Waals surface area contributed by atoms with E-state index in [-0.39, 0.29) is 11.7 Å². The molecular formula is C19H25NO4. The predicted octanol–water partition coefficient (Wildman–Crippen LogP) is 3.07. The van der Waals surface area contributed by atoms with Crippen molar-refractivity contribution < 1.29 is 19.1 Å². The van der Waals surface area contributed by atoms with Gasteiger partial charge in [-0.05, 0) is 24.1 Å². The number of hydrogen-bond donors (Lipinski definition) is 0. The van der Waals surface area contributed by atoms with Crippen molar-refractivity contribution in [2.75, 3.05) is 20.2 Å². The van der Waals surface area contributed by atoms with E-state index in [2.05, 4.69) is 13.8 Å². The third-order valence-electron chi connectivity index (χ3n) is 4.91. The van der Waals surface area contributed by atoms with Gasteiger partial charge in [-0.15, -0.1) is 0 Å². The number of carbonyl (C=O) groups is 2. The summed E-state index contributed by atoms with van der Waals surface area (Å²) in [7, 11) is 1.58. The first-order chi connectivity index (χ1) is 11.4. The molecule has 0 atom stereocenters. The van der Waals surface area contributed by atoms with E-state index in [9.17, 15) is 9.59 Å². The van der Waals surface area contributed by atoms with Crippen LogP contribution < -0.4 is 9.47 Å². The van der Waals surface area contributed by atoms with Crippen LogP contribution in [0.5, 0.6) is 11.5 Å². The standard InChI is InChI=1S/C19H25NO4/c1-13(2)10-18(22)20-8-6-19(7-9-20)12-16(21)15-11-14(23-3)4-5-17(15)24-19/h4-5,11,13H,6-10,12H2,1-3H3. The van der Waals surface area contributed by atoms with Crippen LogP contribution in [0.4, 0.5) is 0 Å². The molecule has 0 saturated carbocycles. The molecule has 1 aromatic carbocycles. The molecule has 0 aliphatic carbocycles. The number of amides is 1. The highest BCUT2D eigenvalue weighted by molar-refractivity contribution is 6.00. The number of benzene rings is 1. The number of methoxy groups -OCH3 is 1. The number of hydrogen-bond acceptors (Lipinski definition) is 4. The fraction of sp³-hybridized carbons (Fsp3) is 0.579. The second-order valence-corrected chi connectivity index (χ2v) is 7.23. The molecule has 1 amide bonds. The SMILES string of the molecule is COc1ccc2c(c1)C(=O)CC1(CCN(C(=O)CC(C)C)CC1)O2. The number of rotatable bonds is 3. The summed E-state index contributed by atoms with van der Waals surface area (Å²) in [5.41, 5.74) is 0.131. The monoisotopic (exact) mass is 331 g/mol. The molecule has 0 aromatic heterocycles. The van der Waals surface area contributed by atoms with Gasteiger partial charge in [-0.1, -0.05) is 13.8 Å². The maximum absolute atomic E-state index is 12.6. The van der Waals surface area contributed by atoms with Crippen molar-refractivity contribution in [3.05, 3.63) is 23.8 Å². The average molecular weight is 331 g/mol. The molecule has 0 bridgehead atoms. The lowest BCUT2D eigenvalue weighted by molar-refractivity contribution is -0.135. The Morgan fingerprint density at radius 1 is 1.33 bits per heavy atom. The minimum Gasteiger partial charge on any atom is -0.497 e. The average Bonchev–Trinajstić information content (AvgIpc) is 2.54. The molecule has 2 aliphatic heterocycles. The van der Waals surface area contributed by atoms with Gasteiger partial charge in [-0.2, -0.15) is 0 Å². The fourth-order valence-electron chi connectivity index (χ4n) is 3.52. The smallest absolute Gasteiger partial charge is 0.222 e. The first kappa shape index (κ1) is 16.8. The lowest BCUT2D eigenvalue weighted by Crippen LogP contribution is -2.52. The predicted molar refractivity (Wildman–Crippen MR) is 90.6 cm³/mol. The number of likely N-dealkylation sites (tertiary alicyclic amines) is 1. The van der Waals surface area contributed by atoms with Crippen LogP contribution in [0.3, 0.4) is 0 Å². The summed E-state index contributed by atoms with van der Waals surface area (Å²) < 4.78 is 11.4. The van der Waals surface area contributed by atoms with E-state index < -0.39 is 5.60 Å². The first-order valence-corrected chi connectivity index (χ1v) is 8.60. The molecular weight excluding hydrogens is 306 g/mol. The molecule has 24 heavy (non-hydrogen) atoms. The Kier molecular flexibility index (Phi) is 4.52. The molecule has 3 rings (SSSR count). The highest BCUT2D eigenvalue weighted by atomic mass is 16.5. The Bertz CT molecular complexity index is 645. The lowest BCUT2D eigenvalue weighted by Gasteiger charge is -2.44. The Hall–Kier alpha value is -2.04. The normalized spacial score (nSPS) is 19.2. The summed E-state index contributed by atoms with van der Waals surface area (Å²) >= 11 is 0. The van der Waals surface area contributed by atoms with Crippen molar-refractivity contribution in [1.29, 1.82) is 0 Å². The van der Waals surface area contributed by atoms with Crippen molar-refractivity contribution >= 4 is 11.7 Å². The Labute approximate surface area is 142 Å². The minimum atomic E-state index is -0.465. The summed E-state index contributed by atoms with van der Waals surface area (Å²) in [5, 5.41) is 0. The van der Waals surface area contributed by atoms with Gasteiger partial charge in [0.15, 0.2) is 5.78 Å². The van der Waals surface area contributed by atoms with Crippen LogP contribution >= 0.6 is 0 Å². The number of carbonyl (C=O) groups excluding carboxylic acids is 2. The van der Waals surface area contributed by atoms with Gasteiger partial charge in [0.25, 0.3) is 0 Å². The number of ether oxygens (including phenoxy) is 2. The zero-order chi connectivity index (χ0) is 17.3. The van der Waals surface area contributed by atoms with Crippen LogP contribution in [0.2, 0.25) is 0 Å². The Balaban J connectivity index is 1.71. The summed E-state index contributed by atoms with van der Waals surface area (Å²) in [4.78, 5) is 26.7. The number of piperidine rings is 1.